The molecule has 0 bridgehead atoms. The summed E-state index contributed by atoms with van der Waals surface area (Å²) in [5.41, 5.74) is 0. The molecule has 5 unspecified atom stereocenters. The van der Waals surface area contributed by atoms with E-state index in [-0.39, 0.29) is 26.6 Å². The van der Waals surface area contributed by atoms with E-state index >= 15 is 0 Å². The first kappa shape index (κ1) is 15.4. The summed E-state index contributed by atoms with van der Waals surface area (Å²) < 4.78 is 25.7. The van der Waals surface area contributed by atoms with Crippen LogP contribution in [0.15, 0.2) is 0 Å². The monoisotopic (exact) mass is 570 g/mol. The van der Waals surface area contributed by atoms with Crippen LogP contribution < -0.4 is 0 Å². The van der Waals surface area contributed by atoms with E-state index < -0.39 is 7.82 Å². The molecular formula is C5H7BI3O5P. The average molecular weight is 570 g/mol. The summed E-state index contributed by atoms with van der Waals surface area (Å²) in [7, 11) is 1.74. The molecule has 15 heavy (non-hydrogen) atoms. The molecule has 1 rings (SSSR count). The van der Waals surface area contributed by atoms with Crippen molar-refractivity contribution in [2.24, 2.45) is 0 Å². The highest BCUT2D eigenvalue weighted by Gasteiger charge is 2.39. The Bertz CT molecular complexity index is 269. The maximum absolute atomic E-state index is 11.0. The number of hydrogen-bond acceptors (Lipinski definition) is 4. The number of halogens is 3. The summed E-state index contributed by atoms with van der Waals surface area (Å²) in [6.07, 6.45) is -0.283. The smallest absolute Gasteiger partial charge is 0.380 e. The largest absolute Gasteiger partial charge is 0.481 e. The summed E-state index contributed by atoms with van der Waals surface area (Å²) in [6.45, 7) is -0.00239. The molecule has 0 aromatic carbocycles. The van der Waals surface area contributed by atoms with Crippen molar-refractivity contribution in [3.05, 3.63) is 0 Å². The topological polar surface area (TPSA) is 65.0 Å². The van der Waals surface area contributed by atoms with Crippen LogP contribution in [0.25, 0.3) is 0 Å². The first-order valence-corrected chi connectivity index (χ1v) is 8.71. The number of phosphoric ester groups is 1. The molecule has 86 valence electrons. The second kappa shape index (κ2) is 6.48. The van der Waals surface area contributed by atoms with Gasteiger partial charge in [-0.15, -0.1) is 0 Å². The van der Waals surface area contributed by atoms with Gasteiger partial charge < -0.3 is 9.63 Å². The van der Waals surface area contributed by atoms with Gasteiger partial charge in [0.2, 0.25) is 0 Å². The molecule has 0 saturated carbocycles. The van der Waals surface area contributed by atoms with Crippen LogP contribution in [0.5, 0.6) is 0 Å². The molecule has 0 spiro atoms. The van der Waals surface area contributed by atoms with E-state index in [0.717, 1.165) is 0 Å². The first-order valence-electron chi connectivity index (χ1n) is 3.84. The van der Waals surface area contributed by atoms with Crippen LogP contribution in [-0.2, 0) is 16.7 Å². The molecule has 1 saturated heterocycles. The van der Waals surface area contributed by atoms with E-state index in [1.165, 1.54) is 23.0 Å². The van der Waals surface area contributed by atoms with Crippen molar-refractivity contribution in [2.75, 3.05) is 6.61 Å². The van der Waals surface area contributed by atoms with Gasteiger partial charge in [0.25, 0.3) is 0 Å². The van der Waals surface area contributed by atoms with E-state index in [4.69, 9.17) is 22.0 Å². The fourth-order valence-electron chi connectivity index (χ4n) is 1.06. The highest BCUT2D eigenvalue weighted by Crippen LogP contribution is 2.46. The fourth-order valence-corrected chi connectivity index (χ4v) is 3.19. The first-order chi connectivity index (χ1) is 6.87. The average Bonchev–Trinajstić information content (AvgIpc) is 2.43. The van der Waals surface area contributed by atoms with Gasteiger partial charge in [-0.1, -0.05) is 45.2 Å². The van der Waals surface area contributed by atoms with Crippen LogP contribution in [0.1, 0.15) is 0 Å². The summed E-state index contributed by atoms with van der Waals surface area (Å²) in [4.78, 5) is 9.01. The van der Waals surface area contributed by atoms with Crippen molar-refractivity contribution in [1.29, 1.82) is 0 Å². The molecule has 10 heteroatoms. The van der Waals surface area contributed by atoms with Crippen molar-refractivity contribution in [1.82, 2.24) is 0 Å². The Morgan fingerprint density at radius 2 is 2.07 bits per heavy atom. The summed E-state index contributed by atoms with van der Waals surface area (Å²) in [5, 5.41) is 0. The van der Waals surface area contributed by atoms with Gasteiger partial charge in [-0.25, -0.2) is 7.42 Å². The van der Waals surface area contributed by atoms with Crippen molar-refractivity contribution >= 4 is 83.9 Å². The van der Waals surface area contributed by atoms with E-state index in [2.05, 4.69) is 48.0 Å². The molecule has 5 nitrogen and oxygen atoms in total. The van der Waals surface area contributed by atoms with Crippen molar-refractivity contribution in [2.45, 2.75) is 20.0 Å². The SMILES string of the molecule is [B]C1OC(COP(=O)(O)OI)C(I)C1I. The Morgan fingerprint density at radius 3 is 2.47 bits per heavy atom. The predicted molar refractivity (Wildman–Crippen MR) is 80.9 cm³/mol. The molecule has 0 amide bonds. The molecule has 1 heterocycles. The zero-order valence-electron chi connectivity index (χ0n) is 7.26. The third-order valence-electron chi connectivity index (χ3n) is 1.79. The minimum Gasteiger partial charge on any atom is -0.380 e. The molecule has 1 fully saturated rings. The van der Waals surface area contributed by atoms with Gasteiger partial charge in [0.1, 0.15) is 30.9 Å². The van der Waals surface area contributed by atoms with E-state index in [1.54, 1.807) is 0 Å². The standard InChI is InChI=1S/C5H7BI3O5P/c6-5-4(8)3(7)2(13-5)1-12-15(10,11)14-9/h2-5H,1H2,(H,10,11). The maximum Gasteiger partial charge on any atom is 0.481 e. The van der Waals surface area contributed by atoms with Crippen LogP contribution in [0.3, 0.4) is 0 Å². The van der Waals surface area contributed by atoms with Gasteiger partial charge in [0, 0.05) is 9.93 Å². The Hall–Kier alpha value is 2.32. The second-order valence-corrected chi connectivity index (χ2v) is 8.25. The number of rotatable bonds is 4. The highest BCUT2D eigenvalue weighted by atomic mass is 127. The molecule has 2 radical (unpaired) electrons. The molecule has 0 aromatic heterocycles. The highest BCUT2D eigenvalue weighted by molar-refractivity contribution is 14.1. The maximum atomic E-state index is 11.0. The van der Waals surface area contributed by atoms with E-state index in [1.807, 2.05) is 0 Å². The molecule has 1 N–H and O–H groups in total. The number of ether oxygens (including phenoxy) is 1. The van der Waals surface area contributed by atoms with Crippen molar-refractivity contribution < 1.29 is 21.6 Å². The zero-order valence-corrected chi connectivity index (χ0v) is 14.6. The molecule has 0 aliphatic carbocycles. The Morgan fingerprint density at radius 1 is 1.47 bits per heavy atom. The zero-order chi connectivity index (χ0) is 11.6. The van der Waals surface area contributed by atoms with Crippen LogP contribution >= 0.6 is 76.0 Å². The molecule has 0 aromatic rings. The minimum absolute atomic E-state index is 0.00239. The summed E-state index contributed by atoms with van der Waals surface area (Å²) in [5.74, 6) is 0. The number of hydrogen-bond donors (Lipinski definition) is 1. The lowest BCUT2D eigenvalue weighted by atomic mass is 9.97. The Labute approximate surface area is 130 Å². The second-order valence-electron chi connectivity index (χ2n) is 2.86. The third-order valence-corrected chi connectivity index (χ3v) is 8.37. The van der Waals surface area contributed by atoms with Gasteiger partial charge >= 0.3 is 7.82 Å². The third kappa shape index (κ3) is 4.49. The summed E-state index contributed by atoms with van der Waals surface area (Å²) >= 11 is 5.71. The molecule has 1 aliphatic heterocycles. The van der Waals surface area contributed by atoms with Crippen LogP contribution in [0, 0.1) is 0 Å². The van der Waals surface area contributed by atoms with Crippen LogP contribution in [0.4, 0.5) is 0 Å². The van der Waals surface area contributed by atoms with E-state index in [0.29, 0.717) is 0 Å². The predicted octanol–water partition coefficient (Wildman–Crippen LogP) is 1.97. The normalized spacial score (nSPS) is 40.3. The van der Waals surface area contributed by atoms with E-state index in [9.17, 15) is 4.57 Å². The fraction of sp³-hybridized carbons (Fsp3) is 1.00. The van der Waals surface area contributed by atoms with Gasteiger partial charge in [-0.2, -0.15) is 0 Å². The van der Waals surface area contributed by atoms with Gasteiger partial charge in [0.05, 0.1) is 16.6 Å². The Balaban J connectivity index is 2.44. The van der Waals surface area contributed by atoms with Crippen molar-refractivity contribution in [3.8, 4) is 0 Å². The molecule has 1 aliphatic rings. The number of alkyl halides is 2. The van der Waals surface area contributed by atoms with Crippen LogP contribution in [-0.4, -0.2) is 39.3 Å². The lowest BCUT2D eigenvalue weighted by Crippen LogP contribution is -2.25. The molecule has 5 atom stereocenters. The van der Waals surface area contributed by atoms with Gasteiger partial charge in [0.15, 0.2) is 0 Å². The van der Waals surface area contributed by atoms with Gasteiger partial charge in [-0.05, 0) is 0 Å². The minimum atomic E-state index is -3.93. The van der Waals surface area contributed by atoms with Crippen molar-refractivity contribution in [3.63, 3.8) is 0 Å². The van der Waals surface area contributed by atoms with Gasteiger partial charge in [-0.3, -0.25) is 4.52 Å². The Kier molecular flexibility index (Phi) is 6.64. The van der Waals surface area contributed by atoms with Crippen LogP contribution in [0.2, 0.25) is 0 Å². The lowest BCUT2D eigenvalue weighted by molar-refractivity contribution is 0.0464. The molecular weight excluding hydrogens is 563 g/mol. The summed E-state index contributed by atoms with van der Waals surface area (Å²) in [6, 6.07) is -0.361. The number of phosphoric acid groups is 1. The quantitative estimate of drug-likeness (QED) is 0.243. The lowest BCUT2D eigenvalue weighted by Gasteiger charge is -2.15.